The molecule has 1 N–H and O–H groups in total. The van der Waals surface area contributed by atoms with Crippen LogP contribution in [0.1, 0.15) is 18.4 Å². The van der Waals surface area contributed by atoms with E-state index in [1.165, 1.54) is 29.5 Å². The first-order chi connectivity index (χ1) is 9.86. The van der Waals surface area contributed by atoms with Gasteiger partial charge in [0.15, 0.2) is 0 Å². The molecule has 0 saturated heterocycles. The van der Waals surface area contributed by atoms with Gasteiger partial charge in [-0.05, 0) is 47.7 Å². The molecule has 1 heterocycles. The van der Waals surface area contributed by atoms with Gasteiger partial charge in [-0.15, -0.1) is 0 Å². The zero-order valence-electron chi connectivity index (χ0n) is 11.6. The Balaban J connectivity index is 1.77. The summed E-state index contributed by atoms with van der Waals surface area (Å²) >= 11 is 0. The lowest BCUT2D eigenvalue weighted by atomic mass is 10.0. The van der Waals surface area contributed by atoms with Crippen LogP contribution in [0.3, 0.4) is 0 Å². The monoisotopic (exact) mass is 268 g/mol. The summed E-state index contributed by atoms with van der Waals surface area (Å²) < 4.78 is 0. The average molecular weight is 268 g/mol. The van der Waals surface area contributed by atoms with E-state index in [0.717, 1.165) is 13.1 Å². The van der Waals surface area contributed by atoms with Crippen molar-refractivity contribution < 1.29 is 5.11 Å². The minimum Gasteiger partial charge on any atom is -0.395 e. The topological polar surface area (TPSA) is 36.4 Å². The lowest BCUT2D eigenvalue weighted by Gasteiger charge is -2.21. The Morgan fingerprint density at radius 1 is 1.10 bits per heavy atom. The highest BCUT2D eigenvalue weighted by atomic mass is 16.3. The summed E-state index contributed by atoms with van der Waals surface area (Å²) in [5.41, 5.74) is 3.73. The minimum absolute atomic E-state index is 0.237. The number of nitrogens with zero attached hydrogens (tertiary/aromatic N) is 2. The second-order valence-corrected chi connectivity index (χ2v) is 5.36. The number of hydrogen-bond donors (Lipinski definition) is 1. The van der Waals surface area contributed by atoms with Gasteiger partial charge in [0.2, 0.25) is 0 Å². The molecule has 1 aromatic heterocycles. The van der Waals surface area contributed by atoms with Gasteiger partial charge >= 0.3 is 0 Å². The van der Waals surface area contributed by atoms with E-state index >= 15 is 0 Å². The fourth-order valence-corrected chi connectivity index (χ4v) is 2.59. The van der Waals surface area contributed by atoms with Gasteiger partial charge in [0.05, 0.1) is 6.61 Å². The molecule has 2 aromatic rings. The molecule has 0 radical (unpaired) electrons. The Morgan fingerprint density at radius 2 is 1.90 bits per heavy atom. The lowest BCUT2D eigenvalue weighted by molar-refractivity contribution is 0.183. The van der Waals surface area contributed by atoms with Crippen molar-refractivity contribution in [1.29, 1.82) is 0 Å². The normalized spacial score (nSPS) is 14.7. The number of benzene rings is 1. The fourth-order valence-electron chi connectivity index (χ4n) is 2.59. The standard InChI is InChI=1S/C17H20N2O/c20-11-10-19(17-4-5-17)13-14-2-1-3-16(12-14)15-6-8-18-9-7-15/h1-3,6-9,12,17,20H,4-5,10-11,13H2. The average Bonchev–Trinajstić information content (AvgIpc) is 3.33. The van der Waals surface area contributed by atoms with E-state index in [0.29, 0.717) is 6.04 Å². The maximum atomic E-state index is 9.18. The summed E-state index contributed by atoms with van der Waals surface area (Å²) in [7, 11) is 0. The summed E-state index contributed by atoms with van der Waals surface area (Å²) in [6, 6.07) is 13.4. The van der Waals surface area contributed by atoms with Crippen LogP contribution >= 0.6 is 0 Å². The van der Waals surface area contributed by atoms with E-state index in [4.69, 9.17) is 0 Å². The molecule has 0 unspecified atom stereocenters. The second kappa shape index (κ2) is 6.16. The molecule has 1 aliphatic carbocycles. The van der Waals surface area contributed by atoms with Crippen molar-refractivity contribution in [2.24, 2.45) is 0 Å². The van der Waals surface area contributed by atoms with Gasteiger partial charge in [0.25, 0.3) is 0 Å². The van der Waals surface area contributed by atoms with E-state index < -0.39 is 0 Å². The van der Waals surface area contributed by atoms with Crippen LogP contribution in [-0.4, -0.2) is 34.2 Å². The third-order valence-corrected chi connectivity index (χ3v) is 3.78. The van der Waals surface area contributed by atoms with E-state index in [1.54, 1.807) is 0 Å². The molecule has 0 atom stereocenters. The first-order valence-electron chi connectivity index (χ1n) is 7.21. The fraction of sp³-hybridized carbons (Fsp3) is 0.353. The Hall–Kier alpha value is -1.71. The second-order valence-electron chi connectivity index (χ2n) is 5.36. The van der Waals surface area contributed by atoms with Crippen LogP contribution in [0, 0.1) is 0 Å². The third kappa shape index (κ3) is 3.24. The number of pyridine rings is 1. The third-order valence-electron chi connectivity index (χ3n) is 3.78. The van der Waals surface area contributed by atoms with Crippen LogP contribution in [0.15, 0.2) is 48.8 Å². The molecule has 1 fully saturated rings. The van der Waals surface area contributed by atoms with Crippen LogP contribution in [0.25, 0.3) is 11.1 Å². The van der Waals surface area contributed by atoms with Crippen molar-refractivity contribution in [3.63, 3.8) is 0 Å². The van der Waals surface area contributed by atoms with Gasteiger partial charge in [0, 0.05) is 31.5 Å². The van der Waals surface area contributed by atoms with Gasteiger partial charge in [-0.25, -0.2) is 0 Å². The van der Waals surface area contributed by atoms with E-state index in [2.05, 4.69) is 34.1 Å². The first-order valence-corrected chi connectivity index (χ1v) is 7.21. The van der Waals surface area contributed by atoms with E-state index in [1.807, 2.05) is 24.5 Å². The molecule has 1 aliphatic rings. The maximum Gasteiger partial charge on any atom is 0.0558 e. The highest BCUT2D eigenvalue weighted by Crippen LogP contribution is 2.28. The molecule has 0 aliphatic heterocycles. The number of hydrogen-bond acceptors (Lipinski definition) is 3. The van der Waals surface area contributed by atoms with Crippen molar-refractivity contribution in [1.82, 2.24) is 9.88 Å². The predicted octanol–water partition coefficient (Wildman–Crippen LogP) is 2.71. The molecule has 104 valence electrons. The molecule has 1 aromatic carbocycles. The maximum absolute atomic E-state index is 9.18. The van der Waals surface area contributed by atoms with Crippen molar-refractivity contribution in [2.45, 2.75) is 25.4 Å². The number of aromatic nitrogens is 1. The number of aliphatic hydroxyl groups excluding tert-OH is 1. The predicted molar refractivity (Wildman–Crippen MR) is 80.2 cm³/mol. The lowest BCUT2D eigenvalue weighted by Crippen LogP contribution is -2.28. The molecule has 3 nitrogen and oxygen atoms in total. The van der Waals surface area contributed by atoms with Crippen LogP contribution in [0.5, 0.6) is 0 Å². The van der Waals surface area contributed by atoms with E-state index in [9.17, 15) is 5.11 Å². The van der Waals surface area contributed by atoms with Crippen molar-refractivity contribution in [2.75, 3.05) is 13.2 Å². The summed E-state index contributed by atoms with van der Waals surface area (Å²) in [5.74, 6) is 0. The van der Waals surface area contributed by atoms with Crippen LogP contribution in [-0.2, 0) is 6.54 Å². The van der Waals surface area contributed by atoms with Crippen molar-refractivity contribution in [3.05, 3.63) is 54.4 Å². The molecule has 3 heteroatoms. The molecule has 0 amide bonds. The van der Waals surface area contributed by atoms with E-state index in [-0.39, 0.29) is 6.61 Å². The van der Waals surface area contributed by atoms with Gasteiger partial charge in [0.1, 0.15) is 0 Å². The Bertz CT molecular complexity index is 552. The molecular formula is C17H20N2O. The SMILES string of the molecule is OCCN(Cc1cccc(-c2ccncc2)c1)C1CC1. The van der Waals surface area contributed by atoms with Gasteiger partial charge < -0.3 is 5.11 Å². The Labute approximate surface area is 119 Å². The molecule has 1 saturated carbocycles. The van der Waals surface area contributed by atoms with Crippen LogP contribution in [0.4, 0.5) is 0 Å². The zero-order valence-corrected chi connectivity index (χ0v) is 11.6. The number of rotatable bonds is 6. The Kier molecular flexibility index (Phi) is 4.09. The summed E-state index contributed by atoms with van der Waals surface area (Å²) in [6.07, 6.45) is 6.18. The van der Waals surface area contributed by atoms with Gasteiger partial charge in [-0.3, -0.25) is 9.88 Å². The Morgan fingerprint density at radius 3 is 2.60 bits per heavy atom. The molecule has 0 spiro atoms. The van der Waals surface area contributed by atoms with Gasteiger partial charge in [-0.2, -0.15) is 0 Å². The van der Waals surface area contributed by atoms with Crippen molar-refractivity contribution >= 4 is 0 Å². The largest absolute Gasteiger partial charge is 0.395 e. The zero-order chi connectivity index (χ0) is 13.8. The van der Waals surface area contributed by atoms with Crippen LogP contribution in [0.2, 0.25) is 0 Å². The molecule has 3 rings (SSSR count). The van der Waals surface area contributed by atoms with Crippen LogP contribution < -0.4 is 0 Å². The first kappa shape index (κ1) is 13.3. The molecule has 20 heavy (non-hydrogen) atoms. The summed E-state index contributed by atoms with van der Waals surface area (Å²) in [5, 5.41) is 9.18. The molecular weight excluding hydrogens is 248 g/mol. The summed E-state index contributed by atoms with van der Waals surface area (Å²) in [4.78, 5) is 6.44. The quantitative estimate of drug-likeness (QED) is 0.875. The van der Waals surface area contributed by atoms with Gasteiger partial charge in [-0.1, -0.05) is 18.2 Å². The summed E-state index contributed by atoms with van der Waals surface area (Å²) in [6.45, 7) is 1.93. The van der Waals surface area contributed by atoms with Crippen molar-refractivity contribution in [3.8, 4) is 11.1 Å². The smallest absolute Gasteiger partial charge is 0.0558 e. The highest BCUT2D eigenvalue weighted by Gasteiger charge is 2.28. The molecule has 0 bridgehead atoms. The minimum atomic E-state index is 0.237. The number of aliphatic hydroxyl groups is 1. The highest BCUT2D eigenvalue weighted by molar-refractivity contribution is 5.63.